The number of imidazole rings is 2. The van der Waals surface area contributed by atoms with Crippen LogP contribution in [0.1, 0.15) is 115 Å². The summed E-state index contributed by atoms with van der Waals surface area (Å²) in [5.41, 5.74) is 11.6. The molecule has 2 aliphatic rings. The molecule has 2 fully saturated rings. The van der Waals surface area contributed by atoms with E-state index in [1.807, 2.05) is 49.6 Å². The lowest BCUT2D eigenvalue weighted by Gasteiger charge is -2.29. The third kappa shape index (κ3) is 10.1. The van der Waals surface area contributed by atoms with Crippen LogP contribution in [0.2, 0.25) is 0 Å². The van der Waals surface area contributed by atoms with E-state index in [9.17, 15) is 19.2 Å². The Hall–Kier alpha value is -6.70. The van der Waals surface area contributed by atoms with Gasteiger partial charge in [0.25, 0.3) is 0 Å². The summed E-state index contributed by atoms with van der Waals surface area (Å²) < 4.78 is 9.66. The minimum Gasteiger partial charge on any atom is -0.453 e. The van der Waals surface area contributed by atoms with Crippen molar-refractivity contribution in [3.8, 4) is 22.3 Å². The molecule has 0 saturated carbocycles. The summed E-state index contributed by atoms with van der Waals surface area (Å²) >= 11 is 0. The highest BCUT2D eigenvalue weighted by molar-refractivity contribution is 5.89. The molecule has 68 heavy (non-hydrogen) atoms. The number of rotatable bonds is 13. The lowest BCUT2D eigenvalue weighted by atomic mass is 9.86. The van der Waals surface area contributed by atoms with Gasteiger partial charge in [0.15, 0.2) is 0 Å². The molecule has 14 nitrogen and oxygen atoms in total. The van der Waals surface area contributed by atoms with E-state index in [4.69, 9.17) is 19.4 Å². The van der Waals surface area contributed by atoms with E-state index in [2.05, 4.69) is 108 Å². The van der Waals surface area contributed by atoms with Gasteiger partial charge in [0.05, 0.1) is 48.4 Å². The van der Waals surface area contributed by atoms with Crippen molar-refractivity contribution in [3.63, 3.8) is 0 Å². The number of H-pyrrole nitrogens is 2. The van der Waals surface area contributed by atoms with Crippen LogP contribution in [0.15, 0.2) is 78.9 Å². The number of nitrogens with one attached hydrogen (secondary N) is 4. The molecule has 0 spiro atoms. The summed E-state index contributed by atoms with van der Waals surface area (Å²) in [6, 6.07) is 26.4. The molecule has 0 radical (unpaired) electrons. The van der Waals surface area contributed by atoms with Crippen molar-refractivity contribution in [2.45, 2.75) is 117 Å². The lowest BCUT2D eigenvalue weighted by molar-refractivity contribution is -0.136. The number of carbonyl (C=O) groups is 4. The van der Waals surface area contributed by atoms with Crippen molar-refractivity contribution in [1.29, 1.82) is 0 Å². The largest absolute Gasteiger partial charge is 0.453 e. The highest BCUT2D eigenvalue weighted by Crippen LogP contribution is 2.37. The molecule has 4 aromatic carbocycles. The van der Waals surface area contributed by atoms with Gasteiger partial charge in [-0.05, 0) is 119 Å². The van der Waals surface area contributed by atoms with Gasteiger partial charge < -0.3 is 39.9 Å². The SMILES string of the molecule is COC(=O)N[C@H](C(=O)N1CCC[C@H]1c1nc2ccc(-c3ccc(-c4ccc5nc([C@@H]6CCCN6C(=O)[C@@H](NC(=O)OC)C(C)C)[nH]c5c4)c(CCc4ccc(C(C)(C)C)cc4)c3)cc2[nH]1)C(C)C. The zero-order chi connectivity index (χ0) is 48.4. The van der Waals surface area contributed by atoms with Crippen LogP contribution in [0, 0.1) is 11.8 Å². The van der Waals surface area contributed by atoms with Crippen molar-refractivity contribution in [2.24, 2.45) is 11.8 Å². The molecule has 2 aromatic heterocycles. The van der Waals surface area contributed by atoms with Crippen molar-refractivity contribution in [2.75, 3.05) is 27.3 Å². The summed E-state index contributed by atoms with van der Waals surface area (Å²) in [6.07, 6.45) is 3.62. The Morgan fingerprint density at radius 1 is 0.647 bits per heavy atom. The smallest absolute Gasteiger partial charge is 0.407 e. The Morgan fingerprint density at radius 3 is 1.60 bits per heavy atom. The Kier molecular flexibility index (Phi) is 14.0. The number of hydrogen-bond donors (Lipinski definition) is 4. The quantitative estimate of drug-likeness (QED) is 0.0886. The summed E-state index contributed by atoms with van der Waals surface area (Å²) in [5.74, 6) is 0.937. The zero-order valence-electron chi connectivity index (χ0n) is 40.9. The summed E-state index contributed by atoms with van der Waals surface area (Å²) in [4.78, 5) is 72.8. The first-order valence-corrected chi connectivity index (χ1v) is 24.0. The maximum absolute atomic E-state index is 13.9. The topological polar surface area (TPSA) is 175 Å². The fourth-order valence-electron chi connectivity index (χ4n) is 9.82. The number of ether oxygens (including phenoxy) is 2. The monoisotopic (exact) mass is 923 g/mol. The highest BCUT2D eigenvalue weighted by atomic mass is 16.5. The molecule has 0 bridgehead atoms. The number of benzene rings is 4. The first-order chi connectivity index (χ1) is 32.5. The van der Waals surface area contributed by atoms with E-state index in [1.165, 1.54) is 30.9 Å². The number of carbonyl (C=O) groups excluding carboxylic acids is 4. The van der Waals surface area contributed by atoms with Crippen molar-refractivity contribution in [3.05, 3.63) is 107 Å². The number of amides is 4. The van der Waals surface area contributed by atoms with Crippen LogP contribution in [-0.2, 0) is 37.3 Å². The van der Waals surface area contributed by atoms with Gasteiger partial charge >= 0.3 is 12.2 Å². The van der Waals surface area contributed by atoms with Gasteiger partial charge in [-0.25, -0.2) is 19.6 Å². The number of hydrogen-bond acceptors (Lipinski definition) is 8. The minimum absolute atomic E-state index is 0.0689. The second kappa shape index (κ2) is 19.9. The Labute approximate surface area is 399 Å². The number of fused-ring (bicyclic) bond motifs is 2. The van der Waals surface area contributed by atoms with E-state index in [1.54, 1.807) is 0 Å². The van der Waals surface area contributed by atoms with E-state index in [0.29, 0.717) is 13.1 Å². The number of nitrogens with zero attached hydrogens (tertiary/aromatic N) is 4. The number of aryl methyl sites for hydroxylation is 2. The molecule has 0 aliphatic carbocycles. The molecule has 4 amide bonds. The van der Waals surface area contributed by atoms with Crippen molar-refractivity contribution in [1.82, 2.24) is 40.4 Å². The first kappa shape index (κ1) is 47.8. The van der Waals surface area contributed by atoms with E-state index >= 15 is 0 Å². The summed E-state index contributed by atoms with van der Waals surface area (Å²) in [6.45, 7) is 15.5. The first-order valence-electron chi connectivity index (χ1n) is 24.0. The molecule has 4 heterocycles. The van der Waals surface area contributed by atoms with Crippen LogP contribution in [0.5, 0.6) is 0 Å². The normalized spacial score (nSPS) is 17.3. The van der Waals surface area contributed by atoms with Gasteiger partial charge in [0.2, 0.25) is 11.8 Å². The molecule has 358 valence electrons. The van der Waals surface area contributed by atoms with Crippen molar-refractivity contribution >= 4 is 46.1 Å². The molecular formula is C54H66N8O6. The Bertz CT molecular complexity index is 2800. The van der Waals surface area contributed by atoms with Crippen LogP contribution < -0.4 is 10.6 Å². The Morgan fingerprint density at radius 2 is 1.12 bits per heavy atom. The molecule has 2 saturated heterocycles. The fourth-order valence-corrected chi connectivity index (χ4v) is 9.82. The van der Waals surface area contributed by atoms with Gasteiger partial charge in [0, 0.05) is 13.1 Å². The number of methoxy groups -OCH3 is 2. The maximum Gasteiger partial charge on any atom is 0.407 e. The van der Waals surface area contributed by atoms with E-state index < -0.39 is 24.3 Å². The average molecular weight is 923 g/mol. The predicted molar refractivity (Wildman–Crippen MR) is 265 cm³/mol. The second-order valence-corrected chi connectivity index (χ2v) is 20.1. The second-order valence-electron chi connectivity index (χ2n) is 20.1. The number of alkyl carbamates (subject to hydrolysis) is 2. The minimum atomic E-state index is -0.710. The van der Waals surface area contributed by atoms with E-state index in [-0.39, 0.29) is 41.1 Å². The molecule has 8 rings (SSSR count). The van der Waals surface area contributed by atoms with Gasteiger partial charge in [-0.3, -0.25) is 9.59 Å². The molecule has 4 N–H and O–H groups in total. The number of aromatic nitrogens is 4. The number of likely N-dealkylation sites (tertiary alicyclic amines) is 2. The predicted octanol–water partition coefficient (Wildman–Crippen LogP) is 9.94. The van der Waals surface area contributed by atoms with Crippen LogP contribution in [-0.4, -0.2) is 93.1 Å². The Balaban J connectivity index is 1.09. The number of aromatic amines is 2. The lowest BCUT2D eigenvalue weighted by Crippen LogP contribution is -2.51. The van der Waals surface area contributed by atoms with Gasteiger partial charge in [-0.15, -0.1) is 0 Å². The summed E-state index contributed by atoms with van der Waals surface area (Å²) in [5, 5.41) is 5.47. The fraction of sp³-hybridized carbons (Fsp3) is 0.444. The standard InChI is InChI=1S/C54H66N8O6/c1-31(2)46(59-52(65)67-8)50(63)61-26-10-12-44(61)48-55-40-24-19-35(29-42(40)57-48)34-18-23-39(36(28-34)17-14-33-15-21-38(22-16-33)54(5,6)7)37-20-25-41-43(30-37)58-49(56-41)45-13-11-27-62(45)51(64)47(32(3)4)60-53(66)68-9/h15-16,18-25,28-32,44-47H,10-14,17,26-27H2,1-9H3,(H,55,57)(H,56,58)(H,59,65)(H,60,66)/t44-,45-,46-,47-/m0/s1. The van der Waals surface area contributed by atoms with Gasteiger partial charge in [-0.1, -0.05) is 103 Å². The third-order valence-electron chi connectivity index (χ3n) is 13.7. The highest BCUT2D eigenvalue weighted by Gasteiger charge is 2.39. The zero-order valence-corrected chi connectivity index (χ0v) is 40.9. The molecule has 14 heteroatoms. The van der Waals surface area contributed by atoms with Gasteiger partial charge in [0.1, 0.15) is 23.7 Å². The molecule has 4 atom stereocenters. The third-order valence-corrected chi connectivity index (χ3v) is 13.7. The van der Waals surface area contributed by atoms with E-state index in [0.717, 1.165) is 94.5 Å². The maximum atomic E-state index is 13.9. The molecular weight excluding hydrogens is 857 g/mol. The average Bonchev–Trinajstić information content (AvgIpc) is 4.16. The van der Waals surface area contributed by atoms with Crippen LogP contribution in [0.25, 0.3) is 44.3 Å². The van der Waals surface area contributed by atoms with Gasteiger partial charge in [-0.2, -0.15) is 0 Å². The molecule has 6 aromatic rings. The molecule has 0 unspecified atom stereocenters. The van der Waals surface area contributed by atoms with Crippen LogP contribution >= 0.6 is 0 Å². The molecule has 2 aliphatic heterocycles. The summed E-state index contributed by atoms with van der Waals surface area (Å²) in [7, 11) is 2.60. The van der Waals surface area contributed by atoms with Crippen molar-refractivity contribution < 1.29 is 28.7 Å². The van der Waals surface area contributed by atoms with Crippen LogP contribution in [0.3, 0.4) is 0 Å². The van der Waals surface area contributed by atoms with Crippen LogP contribution in [0.4, 0.5) is 9.59 Å².